The third kappa shape index (κ3) is 51.4. The second kappa shape index (κ2) is 49.5. The molecule has 3 atom stereocenters. The SMILES string of the molecule is CCCCCCCCCCCCCCCCCCCCCCCCCCCCCCCCCCCCCCCCC(=O)NC(COP(=O)(O)OCC[N+](C)(C)C)C(O)CCCCCCCC. The number of nitrogens with one attached hydrogen (secondary N) is 1. The van der Waals surface area contributed by atoms with Crippen molar-refractivity contribution in [2.45, 2.75) is 321 Å². The predicted octanol–water partition coefficient (Wildman–Crippen LogP) is 17.7. The number of aliphatic hydroxyl groups excluding tert-OH is 1. The molecule has 0 aromatic heterocycles. The predicted molar refractivity (Wildman–Crippen MR) is 286 cm³/mol. The van der Waals surface area contributed by atoms with Gasteiger partial charge in [0, 0.05) is 6.42 Å². The smallest absolute Gasteiger partial charge is 0.391 e. The van der Waals surface area contributed by atoms with Gasteiger partial charge in [0.15, 0.2) is 0 Å². The summed E-state index contributed by atoms with van der Waals surface area (Å²) in [4.78, 5) is 23.1. The lowest BCUT2D eigenvalue weighted by Gasteiger charge is -2.26. The van der Waals surface area contributed by atoms with E-state index in [0.29, 0.717) is 23.9 Å². The van der Waals surface area contributed by atoms with Gasteiger partial charge in [-0.05, 0) is 12.8 Å². The van der Waals surface area contributed by atoms with Crippen LogP contribution in [0, 0.1) is 0 Å². The van der Waals surface area contributed by atoms with Gasteiger partial charge in [0.1, 0.15) is 13.2 Å². The Morgan fingerprint density at radius 2 is 0.727 bits per heavy atom. The van der Waals surface area contributed by atoms with E-state index >= 15 is 0 Å². The quantitative estimate of drug-likeness (QED) is 0.0319. The summed E-state index contributed by atoms with van der Waals surface area (Å²) in [7, 11) is 1.63. The zero-order valence-electron chi connectivity index (χ0n) is 45.2. The van der Waals surface area contributed by atoms with Crippen LogP contribution in [0.4, 0.5) is 0 Å². The van der Waals surface area contributed by atoms with Crippen LogP contribution in [-0.2, 0) is 18.4 Å². The lowest BCUT2D eigenvalue weighted by atomic mass is 10.0. The highest BCUT2D eigenvalue weighted by Gasteiger charge is 2.28. The van der Waals surface area contributed by atoms with E-state index in [1.165, 1.54) is 244 Å². The zero-order chi connectivity index (χ0) is 48.5. The molecule has 0 heterocycles. The lowest BCUT2D eigenvalue weighted by molar-refractivity contribution is -0.870. The minimum absolute atomic E-state index is 0.0778. The van der Waals surface area contributed by atoms with Crippen LogP contribution < -0.4 is 5.32 Å². The van der Waals surface area contributed by atoms with Crippen molar-refractivity contribution in [3.8, 4) is 0 Å². The Bertz CT molecular complexity index is 1040. The minimum Gasteiger partial charge on any atom is -0.391 e. The van der Waals surface area contributed by atoms with E-state index in [1.807, 2.05) is 21.1 Å². The second-order valence-electron chi connectivity index (χ2n) is 21.7. The first-order chi connectivity index (χ1) is 32.0. The number of quaternary nitrogens is 1. The number of amides is 1. The Hall–Kier alpha value is -0.500. The molecule has 1 amide bonds. The minimum atomic E-state index is -4.30. The molecule has 0 bridgehead atoms. The number of phosphoric acid groups is 1. The van der Waals surface area contributed by atoms with E-state index < -0.39 is 20.0 Å². The molecule has 8 nitrogen and oxygen atoms in total. The average Bonchev–Trinajstić information content (AvgIpc) is 3.28. The number of nitrogens with zero attached hydrogens (tertiary/aromatic N) is 1. The first kappa shape index (κ1) is 65.5. The maximum Gasteiger partial charge on any atom is 0.472 e. The zero-order valence-corrected chi connectivity index (χ0v) is 46.1. The van der Waals surface area contributed by atoms with Gasteiger partial charge >= 0.3 is 7.82 Å². The first-order valence-electron chi connectivity index (χ1n) is 29.4. The van der Waals surface area contributed by atoms with Crippen LogP contribution in [-0.4, -0.2) is 73.4 Å². The summed E-state index contributed by atoms with van der Waals surface area (Å²) >= 11 is 0. The fourth-order valence-electron chi connectivity index (χ4n) is 9.23. The Morgan fingerprint density at radius 1 is 0.455 bits per heavy atom. The fourth-order valence-corrected chi connectivity index (χ4v) is 9.96. The summed E-state index contributed by atoms with van der Waals surface area (Å²) in [6, 6.07) is -0.752. The molecular weight excluding hydrogens is 840 g/mol. The lowest BCUT2D eigenvalue weighted by Crippen LogP contribution is -2.46. The average molecular weight is 959 g/mol. The number of hydrogen-bond acceptors (Lipinski definition) is 5. The van der Waals surface area contributed by atoms with Crippen molar-refractivity contribution in [3.05, 3.63) is 0 Å². The number of rotatable bonds is 55. The van der Waals surface area contributed by atoms with Crippen molar-refractivity contribution in [2.24, 2.45) is 0 Å². The standard InChI is InChI=1S/C57H117N2O6P/c1-6-8-10-12-14-15-16-17-18-19-20-21-22-23-24-25-26-27-28-29-30-31-32-33-34-35-36-37-38-39-40-41-42-43-44-45-47-49-51-57(61)58-55(56(60)50-48-46-13-11-9-7-2)54-65-66(62,63)64-53-52-59(3,4)5/h55-56,60H,6-54H2,1-5H3,(H-,58,61,62,63)/p+1. The fraction of sp³-hybridized carbons (Fsp3) is 0.982. The van der Waals surface area contributed by atoms with Crippen LogP contribution in [0.1, 0.15) is 309 Å². The van der Waals surface area contributed by atoms with Gasteiger partial charge in [0.05, 0.1) is 39.9 Å². The van der Waals surface area contributed by atoms with Gasteiger partial charge in [0.25, 0.3) is 0 Å². The Kier molecular flexibility index (Phi) is 49.1. The van der Waals surface area contributed by atoms with Crippen LogP contribution in [0.2, 0.25) is 0 Å². The summed E-state index contributed by atoms with van der Waals surface area (Å²) in [6.07, 6.45) is 59.6. The third-order valence-corrected chi connectivity index (χ3v) is 14.8. The van der Waals surface area contributed by atoms with Gasteiger partial charge in [-0.1, -0.05) is 290 Å². The number of phosphoric ester groups is 1. The summed E-state index contributed by atoms with van der Waals surface area (Å²) in [5.41, 5.74) is 0. The van der Waals surface area contributed by atoms with E-state index in [-0.39, 0.29) is 19.1 Å². The number of hydrogen-bond donors (Lipinski definition) is 3. The summed E-state index contributed by atoms with van der Waals surface area (Å²) < 4.78 is 23.5. The molecule has 9 heteroatoms. The van der Waals surface area contributed by atoms with Gasteiger partial charge in [-0.3, -0.25) is 13.8 Å². The highest BCUT2D eigenvalue weighted by molar-refractivity contribution is 7.47. The van der Waals surface area contributed by atoms with Crippen molar-refractivity contribution < 1.29 is 32.9 Å². The van der Waals surface area contributed by atoms with Crippen molar-refractivity contribution in [2.75, 3.05) is 40.9 Å². The molecule has 3 N–H and O–H groups in total. The normalized spacial score (nSPS) is 13.9. The molecule has 0 radical (unpaired) electrons. The Balaban J connectivity index is 3.65. The van der Waals surface area contributed by atoms with Crippen LogP contribution in [0.5, 0.6) is 0 Å². The number of carbonyl (C=O) groups is 1. The molecule has 0 fully saturated rings. The Morgan fingerprint density at radius 3 is 1.02 bits per heavy atom. The summed E-state index contributed by atoms with van der Waals surface area (Å²) in [5, 5.41) is 13.8. The highest BCUT2D eigenvalue weighted by atomic mass is 31.2. The van der Waals surface area contributed by atoms with E-state index in [1.54, 1.807) is 0 Å². The molecule has 0 saturated heterocycles. The topological polar surface area (TPSA) is 105 Å². The van der Waals surface area contributed by atoms with Crippen molar-refractivity contribution in [1.29, 1.82) is 0 Å². The molecule has 0 saturated carbocycles. The summed E-state index contributed by atoms with van der Waals surface area (Å²) in [5.74, 6) is -0.143. The van der Waals surface area contributed by atoms with Gasteiger partial charge in [-0.25, -0.2) is 4.57 Å². The molecule has 0 aromatic carbocycles. The summed E-state index contributed by atoms with van der Waals surface area (Å²) in [6.45, 7) is 4.86. The maximum absolute atomic E-state index is 12.9. The molecule has 0 aliphatic heterocycles. The first-order valence-corrected chi connectivity index (χ1v) is 30.9. The molecule has 0 rings (SSSR count). The van der Waals surface area contributed by atoms with Crippen molar-refractivity contribution >= 4 is 13.7 Å². The second-order valence-corrected chi connectivity index (χ2v) is 23.2. The van der Waals surface area contributed by atoms with Crippen LogP contribution >= 0.6 is 7.82 Å². The largest absolute Gasteiger partial charge is 0.472 e. The van der Waals surface area contributed by atoms with Crippen molar-refractivity contribution in [3.63, 3.8) is 0 Å². The maximum atomic E-state index is 12.9. The molecule has 0 aromatic rings. The van der Waals surface area contributed by atoms with Gasteiger partial charge in [-0.15, -0.1) is 0 Å². The third-order valence-electron chi connectivity index (χ3n) is 13.9. The van der Waals surface area contributed by atoms with Crippen molar-refractivity contribution in [1.82, 2.24) is 5.32 Å². The number of unbranched alkanes of at least 4 members (excludes halogenated alkanes) is 42. The van der Waals surface area contributed by atoms with Crippen LogP contribution in [0.15, 0.2) is 0 Å². The number of likely N-dealkylation sites (N-methyl/N-ethyl adjacent to an activating group) is 1. The van der Waals surface area contributed by atoms with Crippen LogP contribution in [0.3, 0.4) is 0 Å². The van der Waals surface area contributed by atoms with Gasteiger partial charge in [-0.2, -0.15) is 0 Å². The van der Waals surface area contributed by atoms with Gasteiger partial charge in [0.2, 0.25) is 5.91 Å². The van der Waals surface area contributed by atoms with E-state index in [2.05, 4.69) is 19.2 Å². The van der Waals surface area contributed by atoms with Gasteiger partial charge < -0.3 is 19.8 Å². The monoisotopic (exact) mass is 958 g/mol. The molecule has 0 aliphatic carbocycles. The molecule has 66 heavy (non-hydrogen) atoms. The molecule has 0 spiro atoms. The number of carbonyl (C=O) groups excluding carboxylic acids is 1. The molecule has 3 unspecified atom stereocenters. The molecule has 396 valence electrons. The van der Waals surface area contributed by atoms with E-state index in [4.69, 9.17) is 9.05 Å². The Labute approximate surface area is 412 Å². The van der Waals surface area contributed by atoms with Crippen LogP contribution in [0.25, 0.3) is 0 Å². The molecule has 0 aliphatic rings. The molecular formula is C57H118N2O6P+. The van der Waals surface area contributed by atoms with E-state index in [9.17, 15) is 19.4 Å². The highest BCUT2D eigenvalue weighted by Crippen LogP contribution is 2.43. The van der Waals surface area contributed by atoms with E-state index in [0.717, 1.165) is 38.5 Å². The number of aliphatic hydroxyl groups is 1.